The predicted molar refractivity (Wildman–Crippen MR) is 77.6 cm³/mol. The zero-order valence-electron chi connectivity index (χ0n) is 10.7. The van der Waals surface area contributed by atoms with Crippen molar-refractivity contribution in [2.24, 2.45) is 4.99 Å². The smallest absolute Gasteiger partial charge is 0.307 e. The Bertz CT molecular complexity index is 519. The number of benzene rings is 1. The summed E-state index contributed by atoms with van der Waals surface area (Å²) in [5.74, 6) is 0.137. The Kier molecular flexibility index (Phi) is 4.87. The topological polar surface area (TPSA) is 38.7 Å². The van der Waals surface area contributed by atoms with E-state index in [0.29, 0.717) is 16.4 Å². The number of nitrogens with zero attached hydrogens (tertiary/aromatic N) is 1. The molecule has 1 aromatic rings. The van der Waals surface area contributed by atoms with Gasteiger partial charge in [-0.1, -0.05) is 6.07 Å². The van der Waals surface area contributed by atoms with Crippen LogP contribution in [-0.2, 0) is 9.53 Å². The van der Waals surface area contributed by atoms with Crippen LogP contribution >= 0.6 is 23.5 Å². The summed E-state index contributed by atoms with van der Waals surface area (Å²) >= 11 is 2.98. The summed E-state index contributed by atoms with van der Waals surface area (Å²) in [4.78, 5) is 16.5. The van der Waals surface area contributed by atoms with Crippen LogP contribution in [-0.4, -0.2) is 36.2 Å². The minimum Gasteiger partial charge on any atom is -0.469 e. The Morgan fingerprint density at radius 2 is 2.42 bits per heavy atom. The van der Waals surface area contributed by atoms with Gasteiger partial charge in [0, 0.05) is 10.6 Å². The molecule has 3 nitrogen and oxygen atoms in total. The number of ether oxygens (including phenoxy) is 1. The van der Waals surface area contributed by atoms with E-state index in [0.717, 1.165) is 4.90 Å². The average Bonchev–Trinajstić information content (AvgIpc) is 2.86. The molecule has 1 unspecified atom stereocenters. The van der Waals surface area contributed by atoms with Crippen LogP contribution < -0.4 is 0 Å². The Balaban J connectivity index is 2.24. The van der Waals surface area contributed by atoms with Gasteiger partial charge in [-0.15, -0.1) is 23.5 Å². The number of rotatable bonds is 4. The second-order valence-electron chi connectivity index (χ2n) is 4.00. The molecular weight excluding hydrogens is 285 g/mol. The summed E-state index contributed by atoms with van der Waals surface area (Å²) in [7, 11) is 1.36. The molecule has 2 rings (SSSR count). The highest BCUT2D eigenvalue weighted by Crippen LogP contribution is 2.32. The second-order valence-corrected chi connectivity index (χ2v) is 5.85. The normalized spacial score (nSPS) is 18.3. The Labute approximate surface area is 120 Å². The molecule has 0 aromatic heterocycles. The van der Waals surface area contributed by atoms with E-state index in [9.17, 15) is 9.18 Å². The number of halogens is 1. The third kappa shape index (κ3) is 3.30. The number of aliphatic imine (C=N–C) groups is 1. The van der Waals surface area contributed by atoms with Crippen molar-refractivity contribution in [1.29, 1.82) is 0 Å². The Hall–Kier alpha value is -1.01. The van der Waals surface area contributed by atoms with Crippen LogP contribution in [0.5, 0.6) is 0 Å². The number of thioether (sulfide) groups is 2. The predicted octanol–water partition coefficient (Wildman–Crippen LogP) is 2.97. The largest absolute Gasteiger partial charge is 0.469 e. The van der Waals surface area contributed by atoms with E-state index < -0.39 is 0 Å². The van der Waals surface area contributed by atoms with Gasteiger partial charge in [-0.25, -0.2) is 4.39 Å². The van der Waals surface area contributed by atoms with Gasteiger partial charge in [-0.05, 0) is 18.4 Å². The van der Waals surface area contributed by atoms with Crippen molar-refractivity contribution >= 4 is 34.5 Å². The number of esters is 1. The first kappa shape index (κ1) is 14.4. The lowest BCUT2D eigenvalue weighted by Gasteiger charge is -2.07. The van der Waals surface area contributed by atoms with Gasteiger partial charge in [0.1, 0.15) is 10.9 Å². The molecular formula is C13H14FNO2S2. The number of methoxy groups -OCH3 is 1. The highest BCUT2D eigenvalue weighted by Gasteiger charge is 2.25. The Morgan fingerprint density at radius 3 is 3.11 bits per heavy atom. The van der Waals surface area contributed by atoms with Gasteiger partial charge in [0.15, 0.2) is 0 Å². The molecule has 0 N–H and O–H groups in total. The standard InChI is InChI=1S/C13H14FNO2S2/c1-17-11(16)6-8-7-19-13(15-8)12-9(14)4-3-5-10(12)18-2/h3-5,8H,6-7H2,1-2H3. The van der Waals surface area contributed by atoms with Gasteiger partial charge < -0.3 is 4.74 Å². The minimum atomic E-state index is -0.283. The zero-order chi connectivity index (χ0) is 13.8. The lowest BCUT2D eigenvalue weighted by atomic mass is 10.2. The van der Waals surface area contributed by atoms with Gasteiger partial charge in [0.2, 0.25) is 0 Å². The fraction of sp³-hybridized carbons (Fsp3) is 0.385. The molecule has 0 saturated carbocycles. The van der Waals surface area contributed by atoms with Gasteiger partial charge in [0.05, 0.1) is 25.1 Å². The zero-order valence-corrected chi connectivity index (χ0v) is 12.3. The van der Waals surface area contributed by atoms with Gasteiger partial charge in [0.25, 0.3) is 0 Å². The molecule has 0 saturated heterocycles. The summed E-state index contributed by atoms with van der Waals surface area (Å²) < 4.78 is 18.6. The summed E-state index contributed by atoms with van der Waals surface area (Å²) in [6.45, 7) is 0. The van der Waals surface area contributed by atoms with Crippen LogP contribution in [0, 0.1) is 5.82 Å². The van der Waals surface area contributed by atoms with E-state index in [1.165, 1.54) is 36.7 Å². The van der Waals surface area contributed by atoms with Crippen molar-refractivity contribution in [2.45, 2.75) is 17.4 Å². The first-order valence-electron chi connectivity index (χ1n) is 5.76. The molecule has 1 heterocycles. The van der Waals surface area contributed by atoms with Crippen molar-refractivity contribution in [3.05, 3.63) is 29.6 Å². The van der Waals surface area contributed by atoms with Crippen molar-refractivity contribution < 1.29 is 13.9 Å². The lowest BCUT2D eigenvalue weighted by molar-refractivity contribution is -0.140. The molecule has 1 aliphatic heterocycles. The van der Waals surface area contributed by atoms with E-state index in [1.807, 2.05) is 12.3 Å². The molecule has 1 aliphatic rings. The number of carbonyl (C=O) groups excluding carboxylic acids is 1. The van der Waals surface area contributed by atoms with E-state index in [4.69, 9.17) is 0 Å². The molecule has 102 valence electrons. The van der Waals surface area contributed by atoms with Gasteiger partial charge in [-0.2, -0.15) is 0 Å². The Morgan fingerprint density at radius 1 is 1.63 bits per heavy atom. The molecule has 1 atom stereocenters. The highest BCUT2D eigenvalue weighted by atomic mass is 32.2. The summed E-state index contributed by atoms with van der Waals surface area (Å²) in [6.07, 6.45) is 2.15. The number of hydrogen-bond acceptors (Lipinski definition) is 5. The van der Waals surface area contributed by atoms with Crippen LogP contribution in [0.3, 0.4) is 0 Å². The maximum atomic E-state index is 13.9. The monoisotopic (exact) mass is 299 g/mol. The third-order valence-corrected chi connectivity index (χ3v) is 4.67. The first-order valence-corrected chi connectivity index (χ1v) is 7.97. The summed E-state index contributed by atoms with van der Waals surface area (Å²) in [6, 6.07) is 4.88. The molecule has 0 bridgehead atoms. The molecule has 0 aliphatic carbocycles. The molecule has 0 amide bonds. The van der Waals surface area contributed by atoms with Crippen molar-refractivity contribution in [3.63, 3.8) is 0 Å². The average molecular weight is 299 g/mol. The molecule has 0 radical (unpaired) electrons. The minimum absolute atomic E-state index is 0.123. The SMILES string of the molecule is COC(=O)CC1CSC(c2c(F)cccc2SC)=N1. The molecule has 0 fully saturated rings. The van der Waals surface area contributed by atoms with E-state index in [2.05, 4.69) is 9.73 Å². The van der Waals surface area contributed by atoms with Gasteiger partial charge >= 0.3 is 5.97 Å². The van der Waals surface area contributed by atoms with Crippen molar-refractivity contribution in [1.82, 2.24) is 0 Å². The first-order chi connectivity index (χ1) is 9.15. The molecule has 1 aromatic carbocycles. The van der Waals surface area contributed by atoms with Crippen LogP contribution in [0.1, 0.15) is 12.0 Å². The summed E-state index contributed by atoms with van der Waals surface area (Å²) in [5.41, 5.74) is 0.548. The number of carbonyl (C=O) groups is 1. The highest BCUT2D eigenvalue weighted by molar-refractivity contribution is 8.14. The number of hydrogen-bond donors (Lipinski definition) is 0. The molecule has 0 spiro atoms. The summed E-state index contributed by atoms with van der Waals surface area (Å²) in [5, 5.41) is 0.677. The van der Waals surface area contributed by atoms with Gasteiger partial charge in [-0.3, -0.25) is 9.79 Å². The van der Waals surface area contributed by atoms with E-state index >= 15 is 0 Å². The third-order valence-electron chi connectivity index (χ3n) is 2.75. The van der Waals surface area contributed by atoms with E-state index in [-0.39, 0.29) is 24.2 Å². The second kappa shape index (κ2) is 6.43. The maximum Gasteiger partial charge on any atom is 0.307 e. The van der Waals surface area contributed by atoms with Crippen LogP contribution in [0.2, 0.25) is 0 Å². The van der Waals surface area contributed by atoms with Crippen molar-refractivity contribution in [2.75, 3.05) is 19.1 Å². The molecule has 6 heteroatoms. The maximum absolute atomic E-state index is 13.9. The fourth-order valence-electron chi connectivity index (χ4n) is 1.81. The molecule has 19 heavy (non-hydrogen) atoms. The van der Waals surface area contributed by atoms with Crippen molar-refractivity contribution in [3.8, 4) is 0 Å². The lowest BCUT2D eigenvalue weighted by Crippen LogP contribution is -2.12. The van der Waals surface area contributed by atoms with E-state index in [1.54, 1.807) is 6.07 Å². The van der Waals surface area contributed by atoms with Crippen LogP contribution in [0.15, 0.2) is 28.1 Å². The van der Waals surface area contributed by atoms with Crippen LogP contribution in [0.4, 0.5) is 4.39 Å². The fourth-order valence-corrected chi connectivity index (χ4v) is 3.61. The van der Waals surface area contributed by atoms with Crippen LogP contribution in [0.25, 0.3) is 0 Å². The quantitative estimate of drug-likeness (QED) is 0.633.